The second-order valence-corrected chi connectivity index (χ2v) is 7.71. The third kappa shape index (κ3) is 4.14. The van der Waals surface area contributed by atoms with Crippen molar-refractivity contribution in [3.8, 4) is 23.0 Å². The van der Waals surface area contributed by atoms with Gasteiger partial charge in [0.1, 0.15) is 11.6 Å². The molecule has 2 aromatic heterocycles. The van der Waals surface area contributed by atoms with E-state index in [1.807, 2.05) is 31.2 Å². The minimum atomic E-state index is -0.606. The first-order valence-corrected chi connectivity index (χ1v) is 10.5. The summed E-state index contributed by atoms with van der Waals surface area (Å²) in [5, 5.41) is 18.8. The largest absolute Gasteiger partial charge is 0.493 e. The number of H-pyrrole nitrogens is 2. The molecule has 0 saturated heterocycles. The predicted octanol–water partition coefficient (Wildman–Crippen LogP) is 4.77. The van der Waals surface area contributed by atoms with Gasteiger partial charge >= 0.3 is 5.91 Å². The zero-order chi connectivity index (χ0) is 23.7. The number of nitrogens with zero attached hydrogens (tertiary/aromatic N) is 3. The standard InChI is InChI=1S/C25H19N5O4/c1-14-6-11-20-18(12-14)22(25(33)27-20)30-29-21(31)13-34-16-9-7-15(8-10-16)23-26-19-5-3-2-4-17(19)24(32)28-23/h2-12,27,33H,13H2,1H3,(H,26,28,32). The number of amides is 1. The molecule has 0 spiro atoms. The molecule has 0 aliphatic heterocycles. The molecule has 0 unspecified atom stereocenters. The van der Waals surface area contributed by atoms with Gasteiger partial charge in [0.25, 0.3) is 5.56 Å². The van der Waals surface area contributed by atoms with Gasteiger partial charge in [0.2, 0.25) is 5.88 Å². The number of rotatable bonds is 5. The van der Waals surface area contributed by atoms with Crippen LogP contribution in [0.2, 0.25) is 0 Å². The molecule has 3 aromatic carbocycles. The highest BCUT2D eigenvalue weighted by Crippen LogP contribution is 2.35. The van der Waals surface area contributed by atoms with Gasteiger partial charge < -0.3 is 19.8 Å². The van der Waals surface area contributed by atoms with Crippen molar-refractivity contribution in [3.63, 3.8) is 0 Å². The molecule has 1 amide bonds. The highest BCUT2D eigenvalue weighted by Gasteiger charge is 2.12. The lowest BCUT2D eigenvalue weighted by molar-refractivity contribution is -0.120. The summed E-state index contributed by atoms with van der Waals surface area (Å²) in [4.78, 5) is 34.5. The zero-order valence-corrected chi connectivity index (χ0v) is 18.1. The maximum absolute atomic E-state index is 12.3. The molecule has 0 aliphatic carbocycles. The summed E-state index contributed by atoms with van der Waals surface area (Å²) in [6.07, 6.45) is 0. The van der Waals surface area contributed by atoms with E-state index in [0.717, 1.165) is 5.56 Å². The quantitative estimate of drug-likeness (QED) is 0.330. The Morgan fingerprint density at radius 2 is 1.82 bits per heavy atom. The van der Waals surface area contributed by atoms with Crippen LogP contribution in [0.15, 0.2) is 81.8 Å². The Bertz CT molecular complexity index is 1620. The number of fused-ring (bicyclic) bond motifs is 2. The maximum Gasteiger partial charge on any atom is 0.302 e. The van der Waals surface area contributed by atoms with E-state index in [-0.39, 0.29) is 23.7 Å². The molecule has 9 heteroatoms. The summed E-state index contributed by atoms with van der Waals surface area (Å²) >= 11 is 0. The normalized spacial score (nSPS) is 11.4. The van der Waals surface area contributed by atoms with Crippen LogP contribution in [-0.4, -0.2) is 32.6 Å². The van der Waals surface area contributed by atoms with E-state index < -0.39 is 5.91 Å². The van der Waals surface area contributed by atoms with E-state index in [0.29, 0.717) is 38.9 Å². The third-order valence-electron chi connectivity index (χ3n) is 5.27. The van der Waals surface area contributed by atoms with Crippen molar-refractivity contribution >= 4 is 33.4 Å². The van der Waals surface area contributed by atoms with Gasteiger partial charge in [-0.2, -0.15) is 0 Å². The fourth-order valence-electron chi connectivity index (χ4n) is 3.59. The topological polar surface area (TPSA) is 133 Å². The number of hydrogen-bond acceptors (Lipinski definition) is 6. The van der Waals surface area contributed by atoms with Crippen LogP contribution in [-0.2, 0) is 4.79 Å². The van der Waals surface area contributed by atoms with Crippen LogP contribution in [0.3, 0.4) is 0 Å². The molecule has 0 radical (unpaired) electrons. The number of para-hydroxylation sites is 1. The van der Waals surface area contributed by atoms with Crippen LogP contribution in [0.4, 0.5) is 5.69 Å². The Morgan fingerprint density at radius 1 is 1.03 bits per heavy atom. The summed E-state index contributed by atoms with van der Waals surface area (Å²) in [5.41, 5.74) is 2.98. The molecule has 34 heavy (non-hydrogen) atoms. The number of ether oxygens (including phenoxy) is 1. The molecule has 5 rings (SSSR count). The first kappa shape index (κ1) is 21.1. The molecule has 168 valence electrons. The second kappa shape index (κ2) is 8.62. The van der Waals surface area contributed by atoms with Gasteiger partial charge in [-0.25, -0.2) is 4.98 Å². The van der Waals surface area contributed by atoms with Crippen molar-refractivity contribution in [2.45, 2.75) is 6.92 Å². The smallest absolute Gasteiger partial charge is 0.302 e. The van der Waals surface area contributed by atoms with Gasteiger partial charge in [0, 0.05) is 10.9 Å². The van der Waals surface area contributed by atoms with E-state index in [2.05, 4.69) is 25.2 Å². The van der Waals surface area contributed by atoms with Crippen molar-refractivity contribution in [1.29, 1.82) is 0 Å². The SMILES string of the molecule is Cc1ccc2[nH]c(O)c(N=NC(=O)COc3ccc(-c4nc5ccccc5c(=O)[nH]4)cc3)c2c1. The van der Waals surface area contributed by atoms with Gasteiger partial charge in [0.05, 0.1) is 16.4 Å². The number of nitrogens with one attached hydrogen (secondary N) is 2. The molecule has 0 aliphatic rings. The molecule has 5 aromatic rings. The van der Waals surface area contributed by atoms with Crippen LogP contribution in [0.25, 0.3) is 33.2 Å². The molecule has 0 atom stereocenters. The van der Waals surface area contributed by atoms with Crippen molar-refractivity contribution in [1.82, 2.24) is 15.0 Å². The Labute approximate surface area is 192 Å². The summed E-state index contributed by atoms with van der Waals surface area (Å²) < 4.78 is 5.49. The fourth-order valence-corrected chi connectivity index (χ4v) is 3.59. The number of azo groups is 1. The molecule has 0 bridgehead atoms. The number of carbonyl (C=O) groups is 1. The van der Waals surface area contributed by atoms with Gasteiger partial charge in [-0.05, 0) is 55.5 Å². The first-order chi connectivity index (χ1) is 16.5. The Balaban J connectivity index is 1.26. The van der Waals surface area contributed by atoms with E-state index in [4.69, 9.17) is 4.74 Å². The van der Waals surface area contributed by atoms with Gasteiger partial charge in [-0.1, -0.05) is 23.8 Å². The van der Waals surface area contributed by atoms with E-state index in [1.54, 1.807) is 42.5 Å². The van der Waals surface area contributed by atoms with Crippen molar-refractivity contribution in [2.24, 2.45) is 10.2 Å². The lowest BCUT2D eigenvalue weighted by Crippen LogP contribution is -2.09. The number of aryl methyl sites for hydroxylation is 1. The van der Waals surface area contributed by atoms with Crippen molar-refractivity contribution in [3.05, 3.63) is 82.6 Å². The Kier molecular flexibility index (Phi) is 5.35. The molecule has 9 nitrogen and oxygen atoms in total. The van der Waals surface area contributed by atoms with Crippen LogP contribution in [0.1, 0.15) is 5.56 Å². The summed E-state index contributed by atoms with van der Waals surface area (Å²) in [6, 6.07) is 19.5. The fraction of sp³-hybridized carbons (Fsp3) is 0.0800. The lowest BCUT2D eigenvalue weighted by atomic mass is 10.2. The van der Waals surface area contributed by atoms with Gasteiger partial charge in [-0.15, -0.1) is 10.2 Å². The van der Waals surface area contributed by atoms with Gasteiger partial charge in [-0.3, -0.25) is 9.59 Å². The first-order valence-electron chi connectivity index (χ1n) is 10.5. The molecule has 0 saturated carbocycles. The third-order valence-corrected chi connectivity index (χ3v) is 5.27. The number of hydrogen-bond donors (Lipinski definition) is 3. The predicted molar refractivity (Wildman–Crippen MR) is 128 cm³/mol. The van der Waals surface area contributed by atoms with Crippen LogP contribution in [0.5, 0.6) is 11.6 Å². The minimum absolute atomic E-state index is 0.158. The molecule has 3 N–H and O–H groups in total. The summed E-state index contributed by atoms with van der Waals surface area (Å²) in [7, 11) is 0. The molecular formula is C25H19N5O4. The van der Waals surface area contributed by atoms with Crippen LogP contribution in [0, 0.1) is 6.92 Å². The Hall–Kier alpha value is -4.79. The molecule has 0 fully saturated rings. The van der Waals surface area contributed by atoms with Crippen LogP contribution >= 0.6 is 0 Å². The number of aromatic nitrogens is 3. The highest BCUT2D eigenvalue weighted by atomic mass is 16.5. The Morgan fingerprint density at radius 3 is 2.65 bits per heavy atom. The second-order valence-electron chi connectivity index (χ2n) is 7.71. The number of carbonyl (C=O) groups excluding carboxylic acids is 1. The van der Waals surface area contributed by atoms with Crippen molar-refractivity contribution in [2.75, 3.05) is 6.61 Å². The maximum atomic E-state index is 12.3. The average molecular weight is 453 g/mol. The number of aromatic amines is 2. The van der Waals surface area contributed by atoms with Crippen molar-refractivity contribution < 1.29 is 14.6 Å². The molecule has 2 heterocycles. The lowest BCUT2D eigenvalue weighted by Gasteiger charge is -2.06. The monoisotopic (exact) mass is 453 g/mol. The van der Waals surface area contributed by atoms with Gasteiger partial charge in [0.15, 0.2) is 12.3 Å². The number of benzene rings is 3. The van der Waals surface area contributed by atoms with E-state index >= 15 is 0 Å². The highest BCUT2D eigenvalue weighted by molar-refractivity contribution is 5.95. The number of aromatic hydroxyl groups is 1. The van der Waals surface area contributed by atoms with E-state index in [9.17, 15) is 14.7 Å². The average Bonchev–Trinajstić information content (AvgIpc) is 3.15. The summed E-state index contributed by atoms with van der Waals surface area (Å²) in [6.45, 7) is 1.60. The zero-order valence-electron chi connectivity index (χ0n) is 18.1. The minimum Gasteiger partial charge on any atom is -0.493 e. The summed E-state index contributed by atoms with van der Waals surface area (Å²) in [5.74, 6) is 0.120. The van der Waals surface area contributed by atoms with E-state index in [1.165, 1.54) is 0 Å². The molecular weight excluding hydrogens is 434 g/mol. The van der Waals surface area contributed by atoms with Crippen LogP contribution < -0.4 is 10.3 Å².